The van der Waals surface area contributed by atoms with Crippen LogP contribution in [0.25, 0.3) is 0 Å². The molecule has 1 aromatic carbocycles. The standard InChI is InChI=1S/C24H38N4O9/c1-19(24(33)28-21-4-2-20(17-29)3-5-21)27-23(32)16-26-22(31)6-8-34-10-12-36-14-15-37-13-11-35-9-7-25-18-30/h2-5,18-19,29H,6-17H2,1H3,(H,25,30)(H,26,31)(H,27,32)(H,28,33). The molecule has 13 heteroatoms. The number of benzene rings is 1. The van der Waals surface area contributed by atoms with E-state index in [1.165, 1.54) is 6.92 Å². The van der Waals surface area contributed by atoms with Crippen molar-refractivity contribution in [3.63, 3.8) is 0 Å². The van der Waals surface area contributed by atoms with Gasteiger partial charge < -0.3 is 45.3 Å². The van der Waals surface area contributed by atoms with Crippen LogP contribution in [-0.4, -0.2) is 101 Å². The zero-order valence-corrected chi connectivity index (χ0v) is 21.2. The molecule has 0 bridgehead atoms. The fraction of sp³-hybridized carbons (Fsp3) is 0.583. The van der Waals surface area contributed by atoms with Gasteiger partial charge in [0, 0.05) is 18.7 Å². The van der Waals surface area contributed by atoms with Crippen LogP contribution in [-0.2, 0) is 44.7 Å². The van der Waals surface area contributed by atoms with Gasteiger partial charge in [0.15, 0.2) is 0 Å². The molecule has 37 heavy (non-hydrogen) atoms. The van der Waals surface area contributed by atoms with Crippen LogP contribution >= 0.6 is 0 Å². The van der Waals surface area contributed by atoms with Gasteiger partial charge in [-0.05, 0) is 24.6 Å². The number of ether oxygens (including phenoxy) is 4. The molecule has 1 aromatic rings. The van der Waals surface area contributed by atoms with Crippen LogP contribution in [0.5, 0.6) is 0 Å². The van der Waals surface area contributed by atoms with E-state index in [-0.39, 0.29) is 32.1 Å². The number of aliphatic hydroxyl groups excluding tert-OH is 1. The van der Waals surface area contributed by atoms with Gasteiger partial charge in [0.2, 0.25) is 24.1 Å². The topological polar surface area (TPSA) is 174 Å². The van der Waals surface area contributed by atoms with Crippen molar-refractivity contribution in [1.29, 1.82) is 0 Å². The number of amides is 4. The fourth-order valence-corrected chi connectivity index (χ4v) is 2.69. The molecule has 1 unspecified atom stereocenters. The van der Waals surface area contributed by atoms with Gasteiger partial charge in [0.25, 0.3) is 0 Å². The van der Waals surface area contributed by atoms with Crippen LogP contribution in [0.3, 0.4) is 0 Å². The fourth-order valence-electron chi connectivity index (χ4n) is 2.69. The van der Waals surface area contributed by atoms with Gasteiger partial charge >= 0.3 is 0 Å². The minimum atomic E-state index is -0.805. The molecule has 13 nitrogen and oxygen atoms in total. The maximum atomic E-state index is 12.2. The molecule has 0 spiro atoms. The summed E-state index contributed by atoms with van der Waals surface area (Å²) in [5.74, 6) is -1.26. The van der Waals surface area contributed by atoms with Gasteiger partial charge in [0.1, 0.15) is 6.04 Å². The third-order valence-corrected chi connectivity index (χ3v) is 4.68. The summed E-state index contributed by atoms with van der Waals surface area (Å²) in [5.41, 5.74) is 1.26. The Morgan fingerprint density at radius 2 is 1.43 bits per heavy atom. The first kappa shape index (κ1) is 31.9. The van der Waals surface area contributed by atoms with E-state index in [4.69, 9.17) is 24.1 Å². The largest absolute Gasteiger partial charge is 0.392 e. The number of carbonyl (C=O) groups is 4. The Hall–Kier alpha value is -3.10. The molecule has 4 amide bonds. The van der Waals surface area contributed by atoms with Crippen LogP contribution in [0, 0.1) is 0 Å². The van der Waals surface area contributed by atoms with Crippen molar-refractivity contribution in [2.75, 3.05) is 71.3 Å². The van der Waals surface area contributed by atoms with Crippen molar-refractivity contribution in [2.24, 2.45) is 0 Å². The second-order valence-electron chi connectivity index (χ2n) is 7.68. The SMILES string of the molecule is CC(NC(=O)CNC(=O)CCOCCOCCOCCOCCNC=O)C(=O)Nc1ccc(CO)cc1. The predicted molar refractivity (Wildman–Crippen MR) is 134 cm³/mol. The molecule has 0 fully saturated rings. The zero-order valence-electron chi connectivity index (χ0n) is 21.2. The number of anilines is 1. The minimum absolute atomic E-state index is 0.0820. The van der Waals surface area contributed by atoms with Gasteiger partial charge in [-0.25, -0.2) is 0 Å². The number of hydrogen-bond donors (Lipinski definition) is 5. The highest BCUT2D eigenvalue weighted by molar-refractivity contribution is 5.97. The molecule has 208 valence electrons. The second-order valence-corrected chi connectivity index (χ2v) is 7.68. The highest BCUT2D eigenvalue weighted by Gasteiger charge is 2.16. The summed E-state index contributed by atoms with van der Waals surface area (Å²) in [5, 5.41) is 19.2. The molecule has 0 aliphatic rings. The molecule has 0 saturated heterocycles. The van der Waals surface area contributed by atoms with Crippen molar-refractivity contribution in [1.82, 2.24) is 16.0 Å². The van der Waals surface area contributed by atoms with Crippen molar-refractivity contribution >= 4 is 29.8 Å². The summed E-state index contributed by atoms with van der Waals surface area (Å²) < 4.78 is 21.2. The third kappa shape index (κ3) is 17.1. The quantitative estimate of drug-likeness (QED) is 0.0932. The van der Waals surface area contributed by atoms with Gasteiger partial charge in [-0.15, -0.1) is 0 Å². The van der Waals surface area contributed by atoms with E-state index in [0.29, 0.717) is 64.9 Å². The number of hydrogen-bond acceptors (Lipinski definition) is 9. The maximum Gasteiger partial charge on any atom is 0.246 e. The normalized spacial score (nSPS) is 11.4. The van der Waals surface area contributed by atoms with E-state index in [2.05, 4.69) is 21.3 Å². The summed E-state index contributed by atoms with van der Waals surface area (Å²) in [6.45, 7) is 4.61. The molecule has 0 aliphatic heterocycles. The average Bonchev–Trinajstić information content (AvgIpc) is 2.90. The summed E-state index contributed by atoms with van der Waals surface area (Å²) in [7, 11) is 0. The van der Waals surface area contributed by atoms with E-state index < -0.39 is 17.9 Å². The Morgan fingerprint density at radius 1 is 0.865 bits per heavy atom. The lowest BCUT2D eigenvalue weighted by Crippen LogP contribution is -2.46. The number of aliphatic hydroxyl groups is 1. The van der Waals surface area contributed by atoms with Crippen molar-refractivity contribution in [2.45, 2.75) is 26.0 Å². The van der Waals surface area contributed by atoms with Crippen molar-refractivity contribution in [3.05, 3.63) is 29.8 Å². The molecule has 0 saturated carbocycles. The van der Waals surface area contributed by atoms with E-state index in [9.17, 15) is 19.2 Å². The third-order valence-electron chi connectivity index (χ3n) is 4.68. The summed E-state index contributed by atoms with van der Waals surface area (Å²) >= 11 is 0. The van der Waals surface area contributed by atoms with Crippen LogP contribution in [0.1, 0.15) is 18.9 Å². The molecule has 1 rings (SSSR count). The number of carbonyl (C=O) groups excluding carboxylic acids is 4. The molecule has 0 radical (unpaired) electrons. The Bertz CT molecular complexity index is 793. The monoisotopic (exact) mass is 526 g/mol. The molecule has 0 aromatic heterocycles. The number of rotatable bonds is 22. The first-order valence-corrected chi connectivity index (χ1v) is 12.0. The van der Waals surface area contributed by atoms with Gasteiger partial charge in [0.05, 0.1) is 66.0 Å². The lowest BCUT2D eigenvalue weighted by atomic mass is 10.2. The molecule has 0 heterocycles. The van der Waals surface area contributed by atoms with Crippen molar-refractivity contribution in [3.8, 4) is 0 Å². The first-order chi connectivity index (χ1) is 18.0. The van der Waals surface area contributed by atoms with Crippen LogP contribution in [0.2, 0.25) is 0 Å². The molecule has 5 N–H and O–H groups in total. The molecule has 0 aliphatic carbocycles. The smallest absolute Gasteiger partial charge is 0.246 e. The highest BCUT2D eigenvalue weighted by atomic mass is 16.6. The number of nitrogens with one attached hydrogen (secondary N) is 4. The maximum absolute atomic E-state index is 12.2. The average molecular weight is 527 g/mol. The van der Waals surface area contributed by atoms with Gasteiger partial charge in [-0.2, -0.15) is 0 Å². The first-order valence-electron chi connectivity index (χ1n) is 12.0. The lowest BCUT2D eigenvalue weighted by molar-refractivity contribution is -0.128. The summed E-state index contributed by atoms with van der Waals surface area (Å²) in [4.78, 5) is 46.1. The van der Waals surface area contributed by atoms with E-state index >= 15 is 0 Å². The molecular formula is C24H38N4O9. The Balaban J connectivity index is 1.97. The molecular weight excluding hydrogens is 488 g/mol. The Kier molecular flexibility index (Phi) is 18.1. The molecule has 1 atom stereocenters. The summed E-state index contributed by atoms with van der Waals surface area (Å²) in [6, 6.07) is 5.86. The lowest BCUT2D eigenvalue weighted by Gasteiger charge is -2.14. The zero-order chi connectivity index (χ0) is 27.1. The van der Waals surface area contributed by atoms with Crippen LogP contribution < -0.4 is 21.3 Å². The van der Waals surface area contributed by atoms with E-state index in [1.54, 1.807) is 24.3 Å². The van der Waals surface area contributed by atoms with Gasteiger partial charge in [-0.1, -0.05) is 12.1 Å². The second kappa shape index (κ2) is 21.0. The van der Waals surface area contributed by atoms with E-state index in [1.807, 2.05) is 0 Å². The Labute approximate surface area is 216 Å². The van der Waals surface area contributed by atoms with Crippen LogP contribution in [0.4, 0.5) is 5.69 Å². The predicted octanol–water partition coefficient (Wildman–Crippen LogP) is -1.06. The Morgan fingerprint density at radius 3 is 2.00 bits per heavy atom. The summed E-state index contributed by atoms with van der Waals surface area (Å²) in [6.07, 6.45) is 0.700. The van der Waals surface area contributed by atoms with Crippen LogP contribution in [0.15, 0.2) is 24.3 Å². The highest BCUT2D eigenvalue weighted by Crippen LogP contribution is 2.09. The van der Waals surface area contributed by atoms with Gasteiger partial charge in [-0.3, -0.25) is 19.2 Å². The van der Waals surface area contributed by atoms with E-state index in [0.717, 1.165) is 5.56 Å². The van der Waals surface area contributed by atoms with Crippen molar-refractivity contribution < 1.29 is 43.2 Å². The minimum Gasteiger partial charge on any atom is -0.392 e.